The van der Waals surface area contributed by atoms with Crippen molar-refractivity contribution in [2.45, 2.75) is 26.2 Å². The second-order valence-electron chi connectivity index (χ2n) is 6.32. The van der Waals surface area contributed by atoms with Crippen LogP contribution in [0.5, 0.6) is 11.5 Å². The molecule has 3 aromatic rings. The summed E-state index contributed by atoms with van der Waals surface area (Å²) in [5.74, 6) is 2.96. The summed E-state index contributed by atoms with van der Waals surface area (Å²) in [6.07, 6.45) is 3.20. The first kappa shape index (κ1) is 18.1. The third-order valence-corrected chi connectivity index (χ3v) is 4.28. The van der Waals surface area contributed by atoms with Crippen LogP contribution >= 0.6 is 0 Å². The van der Waals surface area contributed by atoms with E-state index in [0.717, 1.165) is 24.2 Å². The lowest BCUT2D eigenvalue weighted by Crippen LogP contribution is -2.26. The van der Waals surface area contributed by atoms with Crippen LogP contribution in [0.3, 0.4) is 0 Å². The predicted molar refractivity (Wildman–Crippen MR) is 97.6 cm³/mol. The molecule has 4 rings (SSSR count). The molecule has 2 aromatic heterocycles. The Hall–Kier alpha value is -3.26. The lowest BCUT2D eigenvalue weighted by Gasteiger charge is -2.04. The molecule has 146 valence electrons. The van der Waals surface area contributed by atoms with Gasteiger partial charge < -0.3 is 18.3 Å². The summed E-state index contributed by atoms with van der Waals surface area (Å²) in [5.41, 5.74) is 3.75. The van der Waals surface area contributed by atoms with Crippen LogP contribution in [0.25, 0.3) is 11.5 Å². The van der Waals surface area contributed by atoms with Gasteiger partial charge in [0.15, 0.2) is 11.5 Å². The molecule has 8 nitrogen and oxygen atoms in total. The highest BCUT2D eigenvalue weighted by molar-refractivity contribution is 5.77. The number of carbonyl (C=O) groups is 1. The van der Waals surface area contributed by atoms with Gasteiger partial charge in [0.05, 0.1) is 25.0 Å². The van der Waals surface area contributed by atoms with Crippen LogP contribution in [0.2, 0.25) is 0 Å². The first-order chi connectivity index (χ1) is 13.7. The third-order valence-electron chi connectivity index (χ3n) is 4.28. The zero-order valence-electron chi connectivity index (χ0n) is 15.4. The van der Waals surface area contributed by atoms with E-state index in [1.165, 1.54) is 0 Å². The number of rotatable bonds is 8. The van der Waals surface area contributed by atoms with Crippen LogP contribution in [0, 0.1) is 6.92 Å². The molecule has 0 aliphatic carbocycles. The van der Waals surface area contributed by atoms with E-state index in [0.29, 0.717) is 35.5 Å². The van der Waals surface area contributed by atoms with Gasteiger partial charge in [-0.15, -0.1) is 0 Å². The molecule has 8 heteroatoms. The van der Waals surface area contributed by atoms with Crippen molar-refractivity contribution < 1.29 is 27.9 Å². The fourth-order valence-electron chi connectivity index (χ4n) is 2.84. The van der Waals surface area contributed by atoms with E-state index >= 15 is 0 Å². The Labute approximate surface area is 161 Å². The van der Waals surface area contributed by atoms with Gasteiger partial charge in [-0.25, -0.2) is 10.5 Å². The Morgan fingerprint density at radius 2 is 2.14 bits per heavy atom. The number of aromatic nitrogens is 1. The molecule has 1 amide bonds. The van der Waals surface area contributed by atoms with Crippen LogP contribution in [0.15, 0.2) is 45.4 Å². The standard InChI is InChI=1S/C20H20N2O6/c1-13-16(11-19(23)22-27-9-3-5-15-4-2-8-24-15)21-20(28-13)14-6-7-17-18(10-14)26-12-25-17/h2,4,6-8,10H,3,5,9,11-12H2,1H3,(H,22,23). The van der Waals surface area contributed by atoms with Gasteiger partial charge in [0.2, 0.25) is 18.6 Å². The van der Waals surface area contributed by atoms with Gasteiger partial charge in [-0.3, -0.25) is 9.63 Å². The molecule has 28 heavy (non-hydrogen) atoms. The number of ether oxygens (including phenoxy) is 2. The number of hydroxylamine groups is 1. The Morgan fingerprint density at radius 3 is 3.00 bits per heavy atom. The summed E-state index contributed by atoms with van der Waals surface area (Å²) < 4.78 is 21.6. The summed E-state index contributed by atoms with van der Waals surface area (Å²) in [4.78, 5) is 21.7. The molecule has 0 spiro atoms. The van der Waals surface area contributed by atoms with Crippen molar-refractivity contribution in [3.05, 3.63) is 53.8 Å². The largest absolute Gasteiger partial charge is 0.469 e. The highest BCUT2D eigenvalue weighted by atomic mass is 16.7. The van der Waals surface area contributed by atoms with Crippen molar-refractivity contribution in [3.8, 4) is 23.0 Å². The maximum absolute atomic E-state index is 12.1. The highest BCUT2D eigenvalue weighted by Gasteiger charge is 2.18. The molecule has 1 aliphatic rings. The number of furan rings is 1. The topological polar surface area (TPSA) is 96.0 Å². The van der Waals surface area contributed by atoms with Crippen molar-refractivity contribution in [1.29, 1.82) is 0 Å². The minimum atomic E-state index is -0.286. The molecule has 0 unspecified atom stereocenters. The van der Waals surface area contributed by atoms with E-state index in [2.05, 4.69) is 10.5 Å². The molecule has 0 radical (unpaired) electrons. The molecule has 1 aliphatic heterocycles. The molecule has 3 heterocycles. The predicted octanol–water partition coefficient (Wildman–Crippen LogP) is 3.19. The van der Waals surface area contributed by atoms with E-state index in [4.69, 9.17) is 23.1 Å². The number of fused-ring (bicyclic) bond motifs is 1. The minimum Gasteiger partial charge on any atom is -0.469 e. The summed E-state index contributed by atoms with van der Waals surface area (Å²) in [7, 11) is 0. The summed E-state index contributed by atoms with van der Waals surface area (Å²) in [5, 5.41) is 0. The Kier molecular flexibility index (Phi) is 5.29. The number of oxazole rings is 1. The van der Waals surface area contributed by atoms with Crippen LogP contribution in [-0.2, 0) is 22.5 Å². The van der Waals surface area contributed by atoms with E-state index in [-0.39, 0.29) is 19.1 Å². The molecule has 1 aromatic carbocycles. The quantitative estimate of drug-likeness (QED) is 0.471. The maximum atomic E-state index is 12.1. The zero-order chi connectivity index (χ0) is 19.3. The molecular weight excluding hydrogens is 364 g/mol. The summed E-state index contributed by atoms with van der Waals surface area (Å²) in [6, 6.07) is 9.20. The van der Waals surface area contributed by atoms with Gasteiger partial charge in [-0.05, 0) is 43.7 Å². The average molecular weight is 384 g/mol. The van der Waals surface area contributed by atoms with Crippen molar-refractivity contribution in [3.63, 3.8) is 0 Å². The number of amides is 1. The van der Waals surface area contributed by atoms with Crippen LogP contribution in [-0.4, -0.2) is 24.3 Å². The van der Waals surface area contributed by atoms with Gasteiger partial charge in [0, 0.05) is 12.0 Å². The lowest BCUT2D eigenvalue weighted by atomic mass is 10.2. The number of benzene rings is 1. The van der Waals surface area contributed by atoms with Crippen molar-refractivity contribution in [1.82, 2.24) is 10.5 Å². The van der Waals surface area contributed by atoms with Gasteiger partial charge in [0.1, 0.15) is 11.5 Å². The van der Waals surface area contributed by atoms with Crippen molar-refractivity contribution in [2.75, 3.05) is 13.4 Å². The number of hydrogen-bond acceptors (Lipinski definition) is 7. The normalized spacial score (nSPS) is 12.3. The fourth-order valence-corrected chi connectivity index (χ4v) is 2.84. The first-order valence-electron chi connectivity index (χ1n) is 8.98. The minimum absolute atomic E-state index is 0.0675. The van der Waals surface area contributed by atoms with Gasteiger partial charge in [-0.1, -0.05) is 0 Å². The Morgan fingerprint density at radius 1 is 1.25 bits per heavy atom. The number of nitrogens with zero attached hydrogens (tertiary/aromatic N) is 1. The summed E-state index contributed by atoms with van der Waals surface area (Å²) >= 11 is 0. The van der Waals surface area contributed by atoms with Crippen molar-refractivity contribution in [2.24, 2.45) is 0 Å². The fraction of sp³-hybridized carbons (Fsp3) is 0.300. The molecule has 0 atom stereocenters. The molecule has 0 saturated heterocycles. The Balaban J connectivity index is 1.28. The van der Waals surface area contributed by atoms with Crippen LogP contribution in [0.4, 0.5) is 0 Å². The van der Waals surface area contributed by atoms with E-state index in [1.54, 1.807) is 25.3 Å². The van der Waals surface area contributed by atoms with Crippen LogP contribution < -0.4 is 15.0 Å². The summed E-state index contributed by atoms with van der Waals surface area (Å²) in [6.45, 7) is 2.37. The number of hydrogen-bond donors (Lipinski definition) is 1. The Bertz CT molecular complexity index is 948. The monoisotopic (exact) mass is 384 g/mol. The van der Waals surface area contributed by atoms with E-state index in [1.807, 2.05) is 18.2 Å². The SMILES string of the molecule is Cc1oc(-c2ccc3c(c2)OCO3)nc1CC(=O)NOCCCc1ccco1. The average Bonchev–Trinajstić information content (AvgIpc) is 3.42. The second-order valence-corrected chi connectivity index (χ2v) is 6.32. The molecule has 0 bridgehead atoms. The molecule has 1 N–H and O–H groups in total. The third kappa shape index (κ3) is 4.17. The first-order valence-corrected chi connectivity index (χ1v) is 8.98. The van der Waals surface area contributed by atoms with Crippen LogP contribution in [0.1, 0.15) is 23.6 Å². The second kappa shape index (κ2) is 8.18. The number of nitrogens with one attached hydrogen (secondary N) is 1. The molecular formula is C20H20N2O6. The smallest absolute Gasteiger partial charge is 0.249 e. The maximum Gasteiger partial charge on any atom is 0.249 e. The van der Waals surface area contributed by atoms with Crippen molar-refractivity contribution >= 4 is 5.91 Å². The van der Waals surface area contributed by atoms with Gasteiger partial charge in [-0.2, -0.15) is 0 Å². The zero-order valence-corrected chi connectivity index (χ0v) is 15.4. The molecule has 0 saturated carbocycles. The number of aryl methyl sites for hydroxylation is 2. The number of carbonyl (C=O) groups excluding carboxylic acids is 1. The lowest BCUT2D eigenvalue weighted by molar-refractivity contribution is -0.133. The van der Waals surface area contributed by atoms with Gasteiger partial charge >= 0.3 is 0 Å². The highest BCUT2D eigenvalue weighted by Crippen LogP contribution is 2.36. The molecule has 0 fully saturated rings. The van der Waals surface area contributed by atoms with Gasteiger partial charge in [0.25, 0.3) is 0 Å². The van der Waals surface area contributed by atoms with E-state index < -0.39 is 0 Å². The van der Waals surface area contributed by atoms with E-state index in [9.17, 15) is 4.79 Å².